The Morgan fingerprint density at radius 3 is 2.43 bits per heavy atom. The van der Waals surface area contributed by atoms with E-state index < -0.39 is 0 Å². The molecule has 1 rings (SSSR count). The number of rotatable bonds is 0. The second kappa shape index (κ2) is 3.33. The molecule has 0 spiro atoms. The SMILES string of the molecule is C[C@@H]1CCCN1.S. The third kappa shape index (κ3) is 2.19. The molecule has 1 nitrogen and oxygen atoms in total. The van der Waals surface area contributed by atoms with E-state index >= 15 is 0 Å². The molecular weight excluding hydrogens is 106 g/mol. The van der Waals surface area contributed by atoms with Crippen LogP contribution in [-0.4, -0.2) is 12.6 Å². The molecule has 0 aromatic heterocycles. The minimum Gasteiger partial charge on any atom is -0.314 e. The van der Waals surface area contributed by atoms with Gasteiger partial charge in [-0.2, -0.15) is 13.5 Å². The summed E-state index contributed by atoms with van der Waals surface area (Å²) in [6, 6.07) is 0.796. The van der Waals surface area contributed by atoms with Crippen LogP contribution in [0.2, 0.25) is 0 Å². The molecule has 1 fully saturated rings. The standard InChI is InChI=1S/C5H11N.H2S/c1-5-3-2-4-6-5;/h5-6H,2-4H2,1H3;1H2/t5-;/m1./s1. The molecule has 7 heavy (non-hydrogen) atoms. The summed E-state index contributed by atoms with van der Waals surface area (Å²) in [7, 11) is 0. The topological polar surface area (TPSA) is 12.0 Å². The molecule has 1 aliphatic heterocycles. The Kier molecular flexibility index (Phi) is 3.48. The maximum Gasteiger partial charge on any atom is 0.00391 e. The molecule has 0 aromatic carbocycles. The van der Waals surface area contributed by atoms with Crippen molar-refractivity contribution in [1.82, 2.24) is 5.32 Å². The molecule has 0 aromatic rings. The zero-order chi connectivity index (χ0) is 4.41. The van der Waals surface area contributed by atoms with E-state index in [0.29, 0.717) is 0 Å². The summed E-state index contributed by atoms with van der Waals surface area (Å²) >= 11 is 0. The number of hydrogen-bond donors (Lipinski definition) is 1. The fourth-order valence-corrected chi connectivity index (χ4v) is 0.859. The van der Waals surface area contributed by atoms with Crippen LogP contribution in [0, 0.1) is 0 Å². The van der Waals surface area contributed by atoms with E-state index in [-0.39, 0.29) is 13.5 Å². The highest BCUT2D eigenvalue weighted by atomic mass is 32.1. The van der Waals surface area contributed by atoms with E-state index in [1.165, 1.54) is 19.4 Å². The number of hydrogen-bond acceptors (Lipinski definition) is 1. The lowest BCUT2D eigenvalue weighted by Crippen LogP contribution is -2.16. The summed E-state index contributed by atoms with van der Waals surface area (Å²) in [6.07, 6.45) is 2.75. The molecule has 1 aliphatic rings. The summed E-state index contributed by atoms with van der Waals surface area (Å²) in [5.41, 5.74) is 0. The molecule has 0 bridgehead atoms. The van der Waals surface area contributed by atoms with E-state index in [9.17, 15) is 0 Å². The van der Waals surface area contributed by atoms with Gasteiger partial charge in [0.1, 0.15) is 0 Å². The molecule has 1 heterocycles. The van der Waals surface area contributed by atoms with Gasteiger partial charge in [-0.05, 0) is 26.3 Å². The van der Waals surface area contributed by atoms with Crippen molar-refractivity contribution in [2.45, 2.75) is 25.8 Å². The van der Waals surface area contributed by atoms with E-state index in [4.69, 9.17) is 0 Å². The maximum absolute atomic E-state index is 3.32. The predicted molar refractivity (Wildman–Crippen MR) is 37.1 cm³/mol. The molecule has 2 heteroatoms. The van der Waals surface area contributed by atoms with E-state index in [1.54, 1.807) is 0 Å². The van der Waals surface area contributed by atoms with Crippen LogP contribution in [0.15, 0.2) is 0 Å². The lowest BCUT2D eigenvalue weighted by molar-refractivity contribution is 0.664. The van der Waals surface area contributed by atoms with Gasteiger partial charge in [-0.1, -0.05) is 0 Å². The van der Waals surface area contributed by atoms with Gasteiger partial charge in [0.25, 0.3) is 0 Å². The molecule has 44 valence electrons. The first-order valence-corrected chi connectivity index (χ1v) is 2.63. The first-order valence-electron chi connectivity index (χ1n) is 2.63. The first-order chi connectivity index (χ1) is 2.89. The predicted octanol–water partition coefficient (Wildman–Crippen LogP) is 0.871. The normalized spacial score (nSPS) is 29.6. The van der Waals surface area contributed by atoms with Crippen molar-refractivity contribution in [3.05, 3.63) is 0 Å². The van der Waals surface area contributed by atoms with Crippen LogP contribution in [0.5, 0.6) is 0 Å². The Morgan fingerprint density at radius 2 is 2.29 bits per heavy atom. The Morgan fingerprint density at radius 1 is 1.57 bits per heavy atom. The largest absolute Gasteiger partial charge is 0.314 e. The quantitative estimate of drug-likeness (QED) is 0.499. The average Bonchev–Trinajstić information content (AvgIpc) is 1.86. The molecule has 1 saturated heterocycles. The Hall–Kier alpha value is 0.310. The third-order valence-electron chi connectivity index (χ3n) is 1.31. The summed E-state index contributed by atoms with van der Waals surface area (Å²) in [6.45, 7) is 3.47. The van der Waals surface area contributed by atoms with Crippen molar-refractivity contribution in [3.63, 3.8) is 0 Å². The van der Waals surface area contributed by atoms with Crippen molar-refractivity contribution in [1.29, 1.82) is 0 Å². The van der Waals surface area contributed by atoms with E-state index in [2.05, 4.69) is 12.2 Å². The van der Waals surface area contributed by atoms with Gasteiger partial charge >= 0.3 is 0 Å². The van der Waals surface area contributed by atoms with Crippen LogP contribution in [0.4, 0.5) is 0 Å². The van der Waals surface area contributed by atoms with Crippen molar-refractivity contribution in [2.75, 3.05) is 6.54 Å². The maximum atomic E-state index is 3.32. The molecule has 0 amide bonds. The monoisotopic (exact) mass is 119 g/mol. The van der Waals surface area contributed by atoms with Gasteiger partial charge < -0.3 is 5.32 Å². The fourth-order valence-electron chi connectivity index (χ4n) is 0.859. The average molecular weight is 119 g/mol. The van der Waals surface area contributed by atoms with Crippen molar-refractivity contribution < 1.29 is 0 Å². The van der Waals surface area contributed by atoms with Gasteiger partial charge in [0.15, 0.2) is 0 Å². The third-order valence-corrected chi connectivity index (χ3v) is 1.31. The van der Waals surface area contributed by atoms with Crippen molar-refractivity contribution in [2.24, 2.45) is 0 Å². The van der Waals surface area contributed by atoms with Gasteiger partial charge in [0.2, 0.25) is 0 Å². The molecular formula is C5H13NS. The van der Waals surface area contributed by atoms with Gasteiger partial charge in [-0.25, -0.2) is 0 Å². The van der Waals surface area contributed by atoms with Gasteiger partial charge in [0.05, 0.1) is 0 Å². The van der Waals surface area contributed by atoms with Crippen LogP contribution in [-0.2, 0) is 0 Å². The zero-order valence-electron chi connectivity index (χ0n) is 4.70. The van der Waals surface area contributed by atoms with Gasteiger partial charge in [-0.3, -0.25) is 0 Å². The second-order valence-corrected chi connectivity index (χ2v) is 2.00. The lowest BCUT2D eigenvalue weighted by atomic mass is 10.3. The highest BCUT2D eigenvalue weighted by Gasteiger charge is 2.05. The fraction of sp³-hybridized carbons (Fsp3) is 1.00. The molecule has 1 N–H and O–H groups in total. The second-order valence-electron chi connectivity index (χ2n) is 2.00. The zero-order valence-corrected chi connectivity index (χ0v) is 5.70. The van der Waals surface area contributed by atoms with Crippen LogP contribution < -0.4 is 5.32 Å². The molecule has 0 radical (unpaired) electrons. The minimum atomic E-state index is 0. The Labute approximate surface area is 51.9 Å². The molecule has 0 aliphatic carbocycles. The summed E-state index contributed by atoms with van der Waals surface area (Å²) < 4.78 is 0. The summed E-state index contributed by atoms with van der Waals surface area (Å²) in [5, 5.41) is 3.32. The molecule has 1 atom stereocenters. The van der Waals surface area contributed by atoms with Crippen LogP contribution >= 0.6 is 13.5 Å². The first kappa shape index (κ1) is 7.31. The Bertz CT molecular complexity index is 41.3. The van der Waals surface area contributed by atoms with E-state index in [1.807, 2.05) is 0 Å². The van der Waals surface area contributed by atoms with E-state index in [0.717, 1.165) is 6.04 Å². The van der Waals surface area contributed by atoms with Crippen LogP contribution in [0.1, 0.15) is 19.8 Å². The van der Waals surface area contributed by atoms with Crippen molar-refractivity contribution >= 4 is 13.5 Å². The lowest BCUT2D eigenvalue weighted by Gasteiger charge is -1.95. The molecule has 0 saturated carbocycles. The Balaban J connectivity index is 0.000000360. The highest BCUT2D eigenvalue weighted by molar-refractivity contribution is 7.59. The van der Waals surface area contributed by atoms with Crippen LogP contribution in [0.3, 0.4) is 0 Å². The van der Waals surface area contributed by atoms with Gasteiger partial charge in [-0.15, -0.1) is 0 Å². The molecule has 0 unspecified atom stereocenters. The smallest absolute Gasteiger partial charge is 0.00391 e. The minimum absolute atomic E-state index is 0. The number of nitrogens with one attached hydrogen (secondary N) is 1. The summed E-state index contributed by atoms with van der Waals surface area (Å²) in [4.78, 5) is 0. The van der Waals surface area contributed by atoms with Gasteiger partial charge in [0, 0.05) is 6.04 Å². The summed E-state index contributed by atoms with van der Waals surface area (Å²) in [5.74, 6) is 0. The highest BCUT2D eigenvalue weighted by Crippen LogP contribution is 2.01. The van der Waals surface area contributed by atoms with Crippen LogP contribution in [0.25, 0.3) is 0 Å². The van der Waals surface area contributed by atoms with Crippen molar-refractivity contribution in [3.8, 4) is 0 Å².